The Morgan fingerprint density at radius 1 is 1.02 bits per heavy atom. The number of benzene rings is 1. The van der Waals surface area contributed by atoms with E-state index < -0.39 is 50.3 Å². The number of anilines is 1. The van der Waals surface area contributed by atoms with Gasteiger partial charge in [-0.25, -0.2) is 18.5 Å². The molecule has 1 fully saturated rings. The number of nitrogen functional groups attached to an aromatic ring is 1. The largest absolute Gasteiger partial charge is 0.472 e. The van der Waals surface area contributed by atoms with Crippen LogP contribution in [0.3, 0.4) is 0 Å². The molecule has 0 aliphatic carbocycles. The van der Waals surface area contributed by atoms with Gasteiger partial charge in [-0.05, 0) is 49.2 Å². The Balaban J connectivity index is 1.25. The number of aliphatic hydroxyl groups is 2. The first-order chi connectivity index (χ1) is 25.5. The zero-order valence-electron chi connectivity index (χ0n) is 31.1. The molecule has 13 nitrogen and oxygen atoms in total. The molecule has 2 aromatic heterocycles. The van der Waals surface area contributed by atoms with E-state index in [2.05, 4.69) is 17.0 Å². The van der Waals surface area contributed by atoms with E-state index in [4.69, 9.17) is 24.3 Å². The summed E-state index contributed by atoms with van der Waals surface area (Å²) in [6.07, 6.45) is 14.1. The van der Waals surface area contributed by atoms with Crippen LogP contribution < -0.4 is 5.73 Å². The predicted molar refractivity (Wildman–Crippen MR) is 198 cm³/mol. The fourth-order valence-electron chi connectivity index (χ4n) is 6.72. The zero-order chi connectivity index (χ0) is 38.3. The topological polar surface area (TPSA) is 195 Å². The minimum Gasteiger partial charge on any atom is -0.387 e. The maximum Gasteiger partial charge on any atom is 0.472 e. The minimum atomic E-state index is -4.70. The number of ether oxygens (including phenoxy) is 2. The van der Waals surface area contributed by atoms with Crippen LogP contribution in [0.2, 0.25) is 0 Å². The summed E-state index contributed by atoms with van der Waals surface area (Å²) in [6.45, 7) is 2.78. The summed E-state index contributed by atoms with van der Waals surface area (Å²) in [5.41, 5.74) is 5.84. The molecule has 4 rings (SSSR count). The van der Waals surface area contributed by atoms with Crippen LogP contribution in [0.25, 0.3) is 5.52 Å². The molecule has 0 amide bonds. The summed E-state index contributed by atoms with van der Waals surface area (Å²) in [5, 5.41) is 35.2. The van der Waals surface area contributed by atoms with Crippen LogP contribution in [0.15, 0.2) is 36.7 Å². The Hall–Kier alpha value is -2.99. The molecule has 53 heavy (non-hydrogen) atoms. The van der Waals surface area contributed by atoms with Gasteiger partial charge in [0.25, 0.3) is 0 Å². The predicted octanol–water partition coefficient (Wildman–Crippen LogP) is 7.46. The number of rotatable bonds is 25. The number of phosphoric ester groups is 1. The molecular formula is C38H57FN5O8P. The average Bonchev–Trinajstić information content (AvgIpc) is 3.67. The molecule has 1 aliphatic rings. The molecular weight excluding hydrogens is 704 g/mol. The number of fused-ring (bicyclic) bond motifs is 1. The van der Waals surface area contributed by atoms with E-state index in [1.807, 2.05) is 6.07 Å². The lowest BCUT2D eigenvalue weighted by molar-refractivity contribution is -0.101. The maximum atomic E-state index is 14.0. The second-order valence-electron chi connectivity index (χ2n) is 14.3. The van der Waals surface area contributed by atoms with E-state index in [0.29, 0.717) is 23.2 Å². The minimum absolute atomic E-state index is 0.0297. The lowest BCUT2D eigenvalue weighted by atomic mass is 9.97. The average molecular weight is 762 g/mol. The Kier molecular flexibility index (Phi) is 17.1. The number of aromatic nitrogens is 3. The number of phosphoric acid groups is 1. The van der Waals surface area contributed by atoms with Crippen molar-refractivity contribution in [3.8, 4) is 6.07 Å². The fraction of sp³-hybridized carbons (Fsp3) is 0.658. The molecule has 5 N–H and O–H groups in total. The summed E-state index contributed by atoms with van der Waals surface area (Å²) in [7, 11) is -4.70. The Bertz CT molecular complexity index is 1660. The summed E-state index contributed by atoms with van der Waals surface area (Å²) < 4.78 is 51.2. The second kappa shape index (κ2) is 21.2. The molecule has 0 radical (unpaired) electrons. The number of aliphatic hydroxyl groups excluding tert-OH is 2. The standard InChI is InChI=1S/C38H57FN5O8P/c1-3-4-5-6-7-8-9-10-11-12-13-14-15-16-17-31(49-24-29-20-28(23-40)21-30(39)22-29)25-50-53(47,48)51-26-38(2)36(46)34(45)35(52-38)32-18-19-33-37(41)42-27-43-44(32)33/h18-22,27,31,34-36,45-46H,3-17,24-26H2,1-2H3,(H,47,48)(H2,41,42,43)/t31-,34+,35+,36+,38-/m1/s1. The number of hydrogen-bond donors (Lipinski definition) is 4. The van der Waals surface area contributed by atoms with Crippen LogP contribution in [0.1, 0.15) is 133 Å². The highest BCUT2D eigenvalue weighted by Gasteiger charge is 2.53. The first kappa shape index (κ1) is 42.7. The molecule has 1 unspecified atom stereocenters. The van der Waals surface area contributed by atoms with Gasteiger partial charge < -0.3 is 30.3 Å². The van der Waals surface area contributed by atoms with Crippen molar-refractivity contribution in [2.45, 2.75) is 147 Å². The normalized spacial score (nSPS) is 21.9. The molecule has 294 valence electrons. The van der Waals surface area contributed by atoms with Gasteiger partial charge in [0.2, 0.25) is 0 Å². The molecule has 15 heteroatoms. The molecule has 0 bridgehead atoms. The van der Waals surface area contributed by atoms with Crippen LogP contribution in [0, 0.1) is 17.1 Å². The van der Waals surface area contributed by atoms with Crippen LogP contribution in [-0.2, 0) is 29.7 Å². The number of nitriles is 1. The third kappa shape index (κ3) is 13.1. The first-order valence-electron chi connectivity index (χ1n) is 19.0. The van der Waals surface area contributed by atoms with Crippen molar-refractivity contribution in [1.29, 1.82) is 5.26 Å². The number of nitrogens with two attached hydrogens (primary N) is 1. The van der Waals surface area contributed by atoms with Gasteiger partial charge in [0.15, 0.2) is 5.82 Å². The molecule has 6 atom stereocenters. The fourth-order valence-corrected chi connectivity index (χ4v) is 7.57. The highest BCUT2D eigenvalue weighted by molar-refractivity contribution is 7.47. The summed E-state index contributed by atoms with van der Waals surface area (Å²) in [5.74, 6) is -0.339. The number of halogens is 1. The van der Waals surface area contributed by atoms with Crippen molar-refractivity contribution in [2.24, 2.45) is 0 Å². The number of unbranched alkanes of at least 4 members (excludes halogenated alkanes) is 13. The number of nitrogens with zero attached hydrogens (tertiary/aromatic N) is 4. The highest BCUT2D eigenvalue weighted by Crippen LogP contribution is 2.48. The monoisotopic (exact) mass is 761 g/mol. The van der Waals surface area contributed by atoms with Crippen LogP contribution in [0.5, 0.6) is 0 Å². The third-order valence-corrected chi connectivity index (χ3v) is 10.8. The van der Waals surface area contributed by atoms with E-state index in [-0.39, 0.29) is 24.6 Å². The van der Waals surface area contributed by atoms with Crippen molar-refractivity contribution in [3.63, 3.8) is 0 Å². The van der Waals surface area contributed by atoms with Gasteiger partial charge >= 0.3 is 7.82 Å². The van der Waals surface area contributed by atoms with Gasteiger partial charge in [-0.15, -0.1) is 0 Å². The van der Waals surface area contributed by atoms with Gasteiger partial charge in [0, 0.05) is 0 Å². The van der Waals surface area contributed by atoms with Gasteiger partial charge in [-0.3, -0.25) is 9.05 Å². The lowest BCUT2D eigenvalue weighted by Crippen LogP contribution is -2.44. The number of hydrogen-bond acceptors (Lipinski definition) is 11. The maximum absolute atomic E-state index is 14.0. The zero-order valence-corrected chi connectivity index (χ0v) is 32.0. The quantitative estimate of drug-likeness (QED) is 0.0492. The Labute approximate surface area is 312 Å². The second-order valence-corrected chi connectivity index (χ2v) is 15.8. The summed E-state index contributed by atoms with van der Waals surface area (Å²) in [6, 6.07) is 9.16. The molecule has 1 aliphatic heterocycles. The first-order valence-corrected chi connectivity index (χ1v) is 20.5. The van der Waals surface area contributed by atoms with Crippen molar-refractivity contribution in [1.82, 2.24) is 14.6 Å². The van der Waals surface area contributed by atoms with Gasteiger partial charge in [-0.1, -0.05) is 96.8 Å². The van der Waals surface area contributed by atoms with E-state index in [1.54, 1.807) is 12.1 Å². The van der Waals surface area contributed by atoms with E-state index in [0.717, 1.165) is 31.7 Å². The smallest absolute Gasteiger partial charge is 0.387 e. The molecule has 1 saturated heterocycles. The van der Waals surface area contributed by atoms with Crippen molar-refractivity contribution in [2.75, 3.05) is 18.9 Å². The van der Waals surface area contributed by atoms with E-state index >= 15 is 0 Å². The van der Waals surface area contributed by atoms with Gasteiger partial charge in [0.1, 0.15) is 41.6 Å². The van der Waals surface area contributed by atoms with Gasteiger partial charge in [-0.2, -0.15) is 10.4 Å². The van der Waals surface area contributed by atoms with Crippen LogP contribution in [-0.4, -0.2) is 66.8 Å². The lowest BCUT2D eigenvalue weighted by Gasteiger charge is -2.28. The van der Waals surface area contributed by atoms with Gasteiger partial charge in [0.05, 0.1) is 43.3 Å². The van der Waals surface area contributed by atoms with Crippen LogP contribution >= 0.6 is 7.82 Å². The summed E-state index contributed by atoms with van der Waals surface area (Å²) in [4.78, 5) is 14.6. The summed E-state index contributed by atoms with van der Waals surface area (Å²) >= 11 is 0. The van der Waals surface area contributed by atoms with Crippen molar-refractivity contribution >= 4 is 19.2 Å². The molecule has 3 aromatic rings. The SMILES string of the molecule is CCCCCCCCCCCCCCCC[C@H](COP(=O)(O)OC[C@@]1(C)O[C@@H](c2ccc3c(N)ncnn23)[C@H](O)[C@@H]1O)OCc1cc(F)cc(C#N)c1. The third-order valence-electron chi connectivity index (χ3n) is 9.85. The highest BCUT2D eigenvalue weighted by atomic mass is 31.2. The Morgan fingerprint density at radius 3 is 2.30 bits per heavy atom. The molecule has 1 aromatic carbocycles. The van der Waals surface area contributed by atoms with Crippen molar-refractivity contribution < 1.29 is 42.6 Å². The molecule has 3 heterocycles. The van der Waals surface area contributed by atoms with Crippen molar-refractivity contribution in [3.05, 3.63) is 59.3 Å². The van der Waals surface area contributed by atoms with Crippen LogP contribution in [0.4, 0.5) is 10.2 Å². The van der Waals surface area contributed by atoms with E-state index in [9.17, 15) is 29.3 Å². The van der Waals surface area contributed by atoms with E-state index in [1.165, 1.54) is 94.1 Å². The molecule has 0 saturated carbocycles. The Morgan fingerprint density at radius 2 is 1.66 bits per heavy atom. The molecule has 0 spiro atoms.